The number of carboxylic acid groups (broad SMARTS) is 1. The Kier molecular flexibility index (Phi) is 5.95. The standard InChI is InChI=1S/C17H23NO4/c1-12-4-2-3-5-15(12)22-11-16(19)18-10-13-6-8-14(9-7-13)17(20)21/h6-9,12,15H,2-5,10-11H2,1H3,(H,18,19)(H,20,21). The number of carbonyl (C=O) groups excluding carboxylic acids is 1. The highest BCUT2D eigenvalue weighted by Crippen LogP contribution is 2.26. The number of ether oxygens (including phenoxy) is 1. The Balaban J connectivity index is 1.72. The number of carboxylic acids is 1. The largest absolute Gasteiger partial charge is 0.478 e. The summed E-state index contributed by atoms with van der Waals surface area (Å²) in [6.07, 6.45) is 4.81. The summed E-state index contributed by atoms with van der Waals surface area (Å²) in [5.74, 6) is -0.573. The normalized spacial score (nSPS) is 21.3. The molecule has 1 amide bonds. The van der Waals surface area contributed by atoms with E-state index in [9.17, 15) is 9.59 Å². The third-order valence-corrected chi connectivity index (χ3v) is 4.15. The van der Waals surface area contributed by atoms with E-state index in [0.717, 1.165) is 12.0 Å². The van der Waals surface area contributed by atoms with Gasteiger partial charge in [0.1, 0.15) is 6.61 Å². The first-order chi connectivity index (χ1) is 10.6. The maximum Gasteiger partial charge on any atom is 0.335 e. The summed E-state index contributed by atoms with van der Waals surface area (Å²) >= 11 is 0. The van der Waals surface area contributed by atoms with Gasteiger partial charge in [-0.25, -0.2) is 4.79 Å². The second-order valence-electron chi connectivity index (χ2n) is 5.89. The monoisotopic (exact) mass is 305 g/mol. The lowest BCUT2D eigenvalue weighted by Crippen LogP contribution is -2.32. The van der Waals surface area contributed by atoms with Gasteiger partial charge in [-0.15, -0.1) is 0 Å². The van der Waals surface area contributed by atoms with E-state index in [1.54, 1.807) is 12.1 Å². The fourth-order valence-corrected chi connectivity index (χ4v) is 2.73. The van der Waals surface area contributed by atoms with Crippen LogP contribution in [-0.2, 0) is 16.1 Å². The van der Waals surface area contributed by atoms with E-state index in [4.69, 9.17) is 9.84 Å². The molecule has 0 saturated heterocycles. The van der Waals surface area contributed by atoms with Crippen LogP contribution >= 0.6 is 0 Å². The van der Waals surface area contributed by atoms with E-state index >= 15 is 0 Å². The van der Waals surface area contributed by atoms with Crippen LogP contribution in [0.5, 0.6) is 0 Å². The van der Waals surface area contributed by atoms with Gasteiger partial charge in [-0.05, 0) is 36.5 Å². The highest BCUT2D eigenvalue weighted by molar-refractivity contribution is 5.87. The zero-order valence-corrected chi connectivity index (χ0v) is 12.9. The van der Waals surface area contributed by atoms with Crippen LogP contribution in [0.4, 0.5) is 0 Å². The fourth-order valence-electron chi connectivity index (χ4n) is 2.73. The van der Waals surface area contributed by atoms with Crippen LogP contribution in [-0.4, -0.2) is 29.7 Å². The van der Waals surface area contributed by atoms with Crippen molar-refractivity contribution in [3.05, 3.63) is 35.4 Å². The summed E-state index contributed by atoms with van der Waals surface area (Å²) in [6, 6.07) is 6.47. The van der Waals surface area contributed by atoms with E-state index in [2.05, 4.69) is 12.2 Å². The first-order valence-electron chi connectivity index (χ1n) is 7.77. The Hall–Kier alpha value is -1.88. The molecule has 1 aliphatic rings. The van der Waals surface area contributed by atoms with Gasteiger partial charge in [-0.1, -0.05) is 31.9 Å². The molecule has 2 atom stereocenters. The predicted molar refractivity (Wildman–Crippen MR) is 82.6 cm³/mol. The third-order valence-electron chi connectivity index (χ3n) is 4.15. The zero-order chi connectivity index (χ0) is 15.9. The van der Waals surface area contributed by atoms with E-state index < -0.39 is 5.97 Å². The molecule has 0 radical (unpaired) electrons. The SMILES string of the molecule is CC1CCCCC1OCC(=O)NCc1ccc(C(=O)O)cc1. The van der Waals surface area contributed by atoms with Gasteiger partial charge in [-0.3, -0.25) is 4.79 Å². The number of benzene rings is 1. The Bertz CT molecular complexity index is 512. The van der Waals surface area contributed by atoms with Crippen molar-refractivity contribution in [2.24, 2.45) is 5.92 Å². The Morgan fingerprint density at radius 2 is 1.91 bits per heavy atom. The van der Waals surface area contributed by atoms with Crippen LogP contribution in [0.25, 0.3) is 0 Å². The molecule has 2 N–H and O–H groups in total. The molecular formula is C17H23NO4. The Morgan fingerprint density at radius 1 is 1.23 bits per heavy atom. The molecule has 1 aromatic carbocycles. The van der Waals surface area contributed by atoms with Crippen LogP contribution in [0.15, 0.2) is 24.3 Å². The molecule has 0 heterocycles. The molecule has 2 unspecified atom stereocenters. The number of aromatic carboxylic acids is 1. The Labute approximate surface area is 130 Å². The van der Waals surface area contributed by atoms with Gasteiger partial charge in [0.15, 0.2) is 0 Å². The van der Waals surface area contributed by atoms with Gasteiger partial charge < -0.3 is 15.2 Å². The van der Waals surface area contributed by atoms with E-state index in [0.29, 0.717) is 12.5 Å². The van der Waals surface area contributed by atoms with E-state index in [-0.39, 0.29) is 24.2 Å². The molecule has 120 valence electrons. The topological polar surface area (TPSA) is 75.6 Å². The zero-order valence-electron chi connectivity index (χ0n) is 12.9. The minimum Gasteiger partial charge on any atom is -0.478 e. The highest BCUT2D eigenvalue weighted by Gasteiger charge is 2.22. The fraction of sp³-hybridized carbons (Fsp3) is 0.529. The van der Waals surface area contributed by atoms with Crippen molar-refractivity contribution in [3.63, 3.8) is 0 Å². The second kappa shape index (κ2) is 7.94. The lowest BCUT2D eigenvalue weighted by molar-refractivity contribution is -0.129. The van der Waals surface area contributed by atoms with Crippen molar-refractivity contribution in [1.82, 2.24) is 5.32 Å². The second-order valence-corrected chi connectivity index (χ2v) is 5.89. The molecule has 5 nitrogen and oxygen atoms in total. The number of carbonyl (C=O) groups is 2. The highest BCUT2D eigenvalue weighted by atomic mass is 16.5. The number of rotatable bonds is 6. The molecule has 0 bridgehead atoms. The predicted octanol–water partition coefficient (Wildman–Crippen LogP) is 2.60. The first kappa shape index (κ1) is 16.5. The molecule has 0 aromatic heterocycles. The van der Waals surface area contributed by atoms with Gasteiger partial charge in [0.2, 0.25) is 5.91 Å². The third kappa shape index (κ3) is 4.84. The molecule has 5 heteroatoms. The first-order valence-corrected chi connectivity index (χ1v) is 7.77. The Morgan fingerprint density at radius 3 is 2.55 bits per heavy atom. The minimum atomic E-state index is -0.953. The molecule has 0 spiro atoms. The molecule has 1 aromatic rings. The van der Waals surface area contributed by atoms with Crippen molar-refractivity contribution >= 4 is 11.9 Å². The molecule has 1 aliphatic carbocycles. The van der Waals surface area contributed by atoms with Crippen molar-refractivity contribution in [2.45, 2.75) is 45.3 Å². The van der Waals surface area contributed by atoms with Crippen LogP contribution in [0, 0.1) is 5.92 Å². The number of amides is 1. The molecule has 0 aliphatic heterocycles. The van der Waals surface area contributed by atoms with Gasteiger partial charge >= 0.3 is 5.97 Å². The van der Waals surface area contributed by atoms with Gasteiger partial charge in [0.25, 0.3) is 0 Å². The average molecular weight is 305 g/mol. The van der Waals surface area contributed by atoms with Crippen molar-refractivity contribution < 1.29 is 19.4 Å². The smallest absolute Gasteiger partial charge is 0.335 e. The maximum atomic E-state index is 11.8. The maximum absolute atomic E-state index is 11.8. The summed E-state index contributed by atoms with van der Waals surface area (Å²) in [5, 5.41) is 11.6. The van der Waals surface area contributed by atoms with Gasteiger partial charge in [0.05, 0.1) is 11.7 Å². The van der Waals surface area contributed by atoms with Gasteiger partial charge in [-0.2, -0.15) is 0 Å². The van der Waals surface area contributed by atoms with Crippen LogP contribution < -0.4 is 5.32 Å². The van der Waals surface area contributed by atoms with E-state index in [1.165, 1.54) is 31.4 Å². The summed E-state index contributed by atoms with van der Waals surface area (Å²) in [4.78, 5) is 22.6. The summed E-state index contributed by atoms with van der Waals surface area (Å²) < 4.78 is 5.71. The van der Waals surface area contributed by atoms with Crippen molar-refractivity contribution in [2.75, 3.05) is 6.61 Å². The lowest BCUT2D eigenvalue weighted by atomic mass is 9.88. The van der Waals surface area contributed by atoms with Crippen molar-refractivity contribution in [1.29, 1.82) is 0 Å². The number of hydrogen-bond acceptors (Lipinski definition) is 3. The summed E-state index contributed by atoms with van der Waals surface area (Å²) in [6.45, 7) is 2.64. The molecule has 22 heavy (non-hydrogen) atoms. The quantitative estimate of drug-likeness (QED) is 0.847. The van der Waals surface area contributed by atoms with Crippen LogP contribution in [0.2, 0.25) is 0 Å². The molecule has 2 rings (SSSR count). The molecular weight excluding hydrogens is 282 g/mol. The van der Waals surface area contributed by atoms with Crippen molar-refractivity contribution in [3.8, 4) is 0 Å². The van der Waals surface area contributed by atoms with E-state index in [1.807, 2.05) is 0 Å². The summed E-state index contributed by atoms with van der Waals surface area (Å²) in [5.41, 5.74) is 1.11. The minimum absolute atomic E-state index is 0.0855. The van der Waals surface area contributed by atoms with Crippen LogP contribution in [0.1, 0.15) is 48.5 Å². The average Bonchev–Trinajstić information content (AvgIpc) is 2.52. The molecule has 1 fully saturated rings. The molecule has 1 saturated carbocycles. The summed E-state index contributed by atoms with van der Waals surface area (Å²) in [7, 11) is 0. The van der Waals surface area contributed by atoms with Gasteiger partial charge in [0, 0.05) is 6.54 Å². The number of nitrogens with one attached hydrogen (secondary N) is 1. The lowest BCUT2D eigenvalue weighted by Gasteiger charge is -2.28. The number of hydrogen-bond donors (Lipinski definition) is 2. The van der Waals surface area contributed by atoms with Crippen LogP contribution in [0.3, 0.4) is 0 Å².